The Kier molecular flexibility index (Phi) is 8.61. The Morgan fingerprint density at radius 1 is 0.789 bits per heavy atom. The molecule has 0 aliphatic heterocycles. The molecule has 1 N–H and O–H groups in total. The first-order valence-electron chi connectivity index (χ1n) is 10.6. The zero-order valence-corrected chi connectivity index (χ0v) is 21.4. The summed E-state index contributed by atoms with van der Waals surface area (Å²) in [5.74, 6) is -0.882. The SMILES string of the molecule is COc1cc(C=Cc2cc(F)c(OC)c(NS(=O)(=O)c3cccc(OC(F)(F)F)c3)c2)cc(OC)c1OC. The zero-order chi connectivity index (χ0) is 28.1. The maximum absolute atomic E-state index is 14.8. The second kappa shape index (κ2) is 11.5. The van der Waals surface area contributed by atoms with Gasteiger partial charge in [0.05, 0.1) is 39.0 Å². The fraction of sp³-hybridized carbons (Fsp3) is 0.200. The van der Waals surface area contributed by atoms with Gasteiger partial charge in [-0.2, -0.15) is 0 Å². The van der Waals surface area contributed by atoms with Crippen molar-refractivity contribution in [1.82, 2.24) is 0 Å². The number of nitrogens with one attached hydrogen (secondary N) is 1. The summed E-state index contributed by atoms with van der Waals surface area (Å²) in [4.78, 5) is -0.542. The fourth-order valence-electron chi connectivity index (χ4n) is 3.43. The Balaban J connectivity index is 1.97. The molecule has 0 spiro atoms. The quantitative estimate of drug-likeness (QED) is 0.251. The average molecular weight is 558 g/mol. The van der Waals surface area contributed by atoms with Gasteiger partial charge in [0, 0.05) is 6.07 Å². The van der Waals surface area contributed by atoms with Gasteiger partial charge in [0.1, 0.15) is 5.75 Å². The van der Waals surface area contributed by atoms with Crippen molar-refractivity contribution >= 4 is 27.9 Å². The molecule has 0 unspecified atom stereocenters. The summed E-state index contributed by atoms with van der Waals surface area (Å²) in [6, 6.07) is 9.47. The first-order valence-corrected chi connectivity index (χ1v) is 12.1. The number of rotatable bonds is 10. The fourth-order valence-corrected chi connectivity index (χ4v) is 4.51. The molecule has 0 fully saturated rings. The number of sulfonamides is 1. The van der Waals surface area contributed by atoms with Crippen LogP contribution in [0.2, 0.25) is 0 Å². The van der Waals surface area contributed by atoms with Crippen LogP contribution in [0.1, 0.15) is 11.1 Å². The number of anilines is 1. The van der Waals surface area contributed by atoms with Gasteiger partial charge in [-0.25, -0.2) is 12.8 Å². The molecule has 0 heterocycles. The Morgan fingerprint density at radius 2 is 1.37 bits per heavy atom. The van der Waals surface area contributed by atoms with E-state index < -0.39 is 38.6 Å². The summed E-state index contributed by atoms with van der Waals surface area (Å²) in [6.07, 6.45) is -1.92. The molecule has 0 atom stereocenters. The van der Waals surface area contributed by atoms with Crippen LogP contribution >= 0.6 is 0 Å². The Labute approximate surface area is 216 Å². The number of benzene rings is 3. The highest BCUT2D eigenvalue weighted by Crippen LogP contribution is 2.39. The van der Waals surface area contributed by atoms with Gasteiger partial charge < -0.3 is 23.7 Å². The van der Waals surface area contributed by atoms with Crippen LogP contribution in [-0.4, -0.2) is 43.2 Å². The molecule has 3 aromatic rings. The number of hydrogen-bond donors (Lipinski definition) is 1. The predicted molar refractivity (Wildman–Crippen MR) is 132 cm³/mol. The van der Waals surface area contributed by atoms with Crippen molar-refractivity contribution in [1.29, 1.82) is 0 Å². The summed E-state index contributed by atoms with van der Waals surface area (Å²) in [5, 5.41) is 0. The molecule has 0 saturated heterocycles. The van der Waals surface area contributed by atoms with E-state index in [0.29, 0.717) is 28.9 Å². The Hall–Kier alpha value is -4.13. The van der Waals surface area contributed by atoms with Crippen molar-refractivity contribution in [2.75, 3.05) is 33.2 Å². The second-order valence-electron chi connectivity index (χ2n) is 7.50. The molecule has 0 radical (unpaired) electrons. The number of ether oxygens (including phenoxy) is 5. The zero-order valence-electron chi connectivity index (χ0n) is 20.6. The van der Waals surface area contributed by atoms with Gasteiger partial charge in [-0.15, -0.1) is 13.2 Å². The van der Waals surface area contributed by atoms with Gasteiger partial charge in [-0.3, -0.25) is 4.72 Å². The van der Waals surface area contributed by atoms with Crippen LogP contribution in [0.5, 0.6) is 28.7 Å². The molecule has 0 aliphatic rings. The minimum atomic E-state index is -5.01. The summed E-state index contributed by atoms with van der Waals surface area (Å²) < 4.78 is 105. The van der Waals surface area contributed by atoms with E-state index in [1.165, 1.54) is 33.5 Å². The van der Waals surface area contributed by atoms with Crippen molar-refractivity contribution in [3.63, 3.8) is 0 Å². The van der Waals surface area contributed by atoms with Crippen LogP contribution < -0.4 is 28.4 Å². The molecule has 8 nitrogen and oxygen atoms in total. The van der Waals surface area contributed by atoms with Crippen molar-refractivity contribution < 1.29 is 49.7 Å². The molecule has 0 amide bonds. The van der Waals surface area contributed by atoms with Crippen molar-refractivity contribution in [2.24, 2.45) is 0 Å². The van der Waals surface area contributed by atoms with Crippen molar-refractivity contribution in [3.8, 4) is 28.7 Å². The van der Waals surface area contributed by atoms with E-state index >= 15 is 0 Å². The third-order valence-corrected chi connectivity index (χ3v) is 6.38. The standard InChI is InChI=1S/C25H23F4NO7S/c1-33-21-12-16(13-22(34-2)24(21)36-4)9-8-15-10-19(26)23(35-3)20(11-15)30-38(31,32)18-7-5-6-17(14-18)37-25(27,28)29/h5-14,30H,1-4H3. The molecule has 3 aromatic carbocycles. The lowest BCUT2D eigenvalue weighted by atomic mass is 10.1. The number of halogens is 4. The highest BCUT2D eigenvalue weighted by Gasteiger charge is 2.31. The normalized spacial score (nSPS) is 11.8. The summed E-state index contributed by atoms with van der Waals surface area (Å²) in [7, 11) is 1.03. The van der Waals surface area contributed by atoms with Crippen LogP contribution in [0.4, 0.5) is 23.2 Å². The highest BCUT2D eigenvalue weighted by atomic mass is 32.2. The topological polar surface area (TPSA) is 92.3 Å². The van der Waals surface area contributed by atoms with E-state index in [1.807, 2.05) is 0 Å². The van der Waals surface area contributed by atoms with E-state index in [1.54, 1.807) is 18.2 Å². The maximum Gasteiger partial charge on any atom is 0.573 e. The van der Waals surface area contributed by atoms with Gasteiger partial charge in [0.2, 0.25) is 5.75 Å². The van der Waals surface area contributed by atoms with Crippen molar-refractivity contribution in [2.45, 2.75) is 11.3 Å². The number of alkyl halides is 3. The molecule has 13 heteroatoms. The lowest BCUT2D eigenvalue weighted by Crippen LogP contribution is -2.18. The van der Waals surface area contributed by atoms with Crippen LogP contribution in [-0.2, 0) is 10.0 Å². The Morgan fingerprint density at radius 3 is 1.89 bits per heavy atom. The lowest BCUT2D eigenvalue weighted by Gasteiger charge is -2.15. The lowest BCUT2D eigenvalue weighted by molar-refractivity contribution is -0.274. The third kappa shape index (κ3) is 6.79. The van der Waals surface area contributed by atoms with E-state index in [4.69, 9.17) is 18.9 Å². The summed E-state index contributed by atoms with van der Waals surface area (Å²) in [6.45, 7) is 0. The van der Waals surface area contributed by atoms with Crippen LogP contribution in [0.15, 0.2) is 53.4 Å². The predicted octanol–water partition coefficient (Wildman–Crippen LogP) is 5.73. The van der Waals surface area contributed by atoms with E-state index in [2.05, 4.69) is 9.46 Å². The van der Waals surface area contributed by atoms with E-state index in [-0.39, 0.29) is 11.3 Å². The average Bonchev–Trinajstić information content (AvgIpc) is 2.85. The molecule has 0 aliphatic carbocycles. The van der Waals surface area contributed by atoms with Gasteiger partial charge >= 0.3 is 6.36 Å². The maximum atomic E-state index is 14.8. The molecule has 0 aromatic heterocycles. The van der Waals surface area contributed by atoms with E-state index in [0.717, 1.165) is 31.4 Å². The number of hydrogen-bond acceptors (Lipinski definition) is 7. The van der Waals surface area contributed by atoms with Crippen LogP contribution in [0, 0.1) is 5.82 Å². The largest absolute Gasteiger partial charge is 0.573 e. The second-order valence-corrected chi connectivity index (χ2v) is 9.19. The van der Waals surface area contributed by atoms with E-state index in [9.17, 15) is 26.0 Å². The van der Waals surface area contributed by atoms with Crippen LogP contribution in [0.3, 0.4) is 0 Å². The first kappa shape index (κ1) is 28.4. The van der Waals surface area contributed by atoms with Gasteiger partial charge in [-0.1, -0.05) is 18.2 Å². The highest BCUT2D eigenvalue weighted by molar-refractivity contribution is 7.92. The van der Waals surface area contributed by atoms with Gasteiger partial charge in [0.15, 0.2) is 23.1 Å². The minimum absolute atomic E-state index is 0.240. The van der Waals surface area contributed by atoms with Gasteiger partial charge in [0.25, 0.3) is 10.0 Å². The molecule has 3 rings (SSSR count). The summed E-state index contributed by atoms with van der Waals surface area (Å²) in [5.41, 5.74) is 0.558. The van der Waals surface area contributed by atoms with Gasteiger partial charge in [-0.05, 0) is 47.5 Å². The molecule has 0 bridgehead atoms. The van der Waals surface area contributed by atoms with Crippen molar-refractivity contribution in [3.05, 3.63) is 65.5 Å². The first-order chi connectivity index (χ1) is 17.9. The molecular weight excluding hydrogens is 534 g/mol. The minimum Gasteiger partial charge on any atom is -0.493 e. The number of methoxy groups -OCH3 is 4. The molecular formula is C25H23F4NO7S. The summed E-state index contributed by atoms with van der Waals surface area (Å²) >= 11 is 0. The Bertz CT molecular complexity index is 1420. The third-order valence-electron chi connectivity index (χ3n) is 5.02. The molecule has 38 heavy (non-hydrogen) atoms. The molecule has 0 saturated carbocycles. The monoisotopic (exact) mass is 557 g/mol. The van der Waals surface area contributed by atoms with Crippen LogP contribution in [0.25, 0.3) is 12.2 Å². The molecule has 204 valence electrons. The smallest absolute Gasteiger partial charge is 0.493 e.